The van der Waals surface area contributed by atoms with Crippen LogP contribution in [0.5, 0.6) is 0 Å². The summed E-state index contributed by atoms with van der Waals surface area (Å²) >= 11 is 16.2. The van der Waals surface area contributed by atoms with Crippen molar-refractivity contribution in [1.29, 1.82) is 0 Å². The number of hydrogen-bond acceptors (Lipinski definition) is 4. The first-order chi connectivity index (χ1) is 14.7. The molecule has 0 amide bonds. The van der Waals surface area contributed by atoms with Crippen molar-refractivity contribution in [3.63, 3.8) is 0 Å². The third kappa shape index (κ3) is 5.25. The highest BCUT2D eigenvalue weighted by molar-refractivity contribution is 9.10. The van der Waals surface area contributed by atoms with Crippen molar-refractivity contribution in [2.45, 2.75) is 40.7 Å². The second-order valence-electron chi connectivity index (χ2n) is 8.09. The Hall–Kier alpha value is -2.02. The van der Waals surface area contributed by atoms with Gasteiger partial charge >= 0.3 is 0 Å². The lowest BCUT2D eigenvalue weighted by molar-refractivity contribution is 0.246. The molecule has 3 rings (SSSR count). The summed E-state index contributed by atoms with van der Waals surface area (Å²) in [6, 6.07) is 13.5. The number of ether oxygens (including phenoxy) is 1. The van der Waals surface area contributed by atoms with Crippen LogP contribution in [0.1, 0.15) is 39.1 Å². The van der Waals surface area contributed by atoms with E-state index in [4.69, 9.17) is 38.8 Å². The lowest BCUT2D eigenvalue weighted by Gasteiger charge is -2.20. The maximum absolute atomic E-state index is 6.55. The molecule has 1 heterocycles. The summed E-state index contributed by atoms with van der Waals surface area (Å²) in [5.74, 6) is 6.76. The SMILES string of the molecule is CCc1c(CO/C(=N\N)C(C)(C)C)nc(-c2ccc(Cl)cc2Cl)n1-c1ccc(Br)cc1. The van der Waals surface area contributed by atoms with E-state index < -0.39 is 0 Å². The normalized spacial score (nSPS) is 12.3. The number of nitrogens with two attached hydrogens (primary N) is 1. The number of halogens is 3. The van der Waals surface area contributed by atoms with Crippen molar-refractivity contribution in [2.75, 3.05) is 0 Å². The topological polar surface area (TPSA) is 65.4 Å². The van der Waals surface area contributed by atoms with E-state index in [-0.39, 0.29) is 12.0 Å². The van der Waals surface area contributed by atoms with E-state index in [2.05, 4.69) is 32.5 Å². The van der Waals surface area contributed by atoms with Gasteiger partial charge in [0.25, 0.3) is 0 Å². The third-order valence-corrected chi connectivity index (χ3v) is 5.83. The summed E-state index contributed by atoms with van der Waals surface area (Å²) in [6.07, 6.45) is 0.748. The van der Waals surface area contributed by atoms with Crippen molar-refractivity contribution >= 4 is 45.0 Å². The van der Waals surface area contributed by atoms with E-state index in [9.17, 15) is 0 Å². The largest absolute Gasteiger partial charge is 0.473 e. The molecule has 2 aromatic carbocycles. The molecule has 0 saturated heterocycles. The van der Waals surface area contributed by atoms with Crippen LogP contribution < -0.4 is 5.84 Å². The fraction of sp³-hybridized carbons (Fsp3) is 0.304. The van der Waals surface area contributed by atoms with Crippen molar-refractivity contribution in [2.24, 2.45) is 16.4 Å². The fourth-order valence-electron chi connectivity index (χ4n) is 3.28. The fourth-order valence-corrected chi connectivity index (χ4v) is 4.04. The van der Waals surface area contributed by atoms with Crippen LogP contribution in [0.4, 0.5) is 0 Å². The second kappa shape index (κ2) is 9.63. The van der Waals surface area contributed by atoms with Crippen LogP contribution in [-0.2, 0) is 17.8 Å². The van der Waals surface area contributed by atoms with Crippen molar-refractivity contribution in [1.82, 2.24) is 9.55 Å². The Labute approximate surface area is 201 Å². The zero-order chi connectivity index (χ0) is 22.8. The summed E-state index contributed by atoms with van der Waals surface area (Å²) < 4.78 is 9.09. The minimum atomic E-state index is -0.308. The van der Waals surface area contributed by atoms with Crippen molar-refractivity contribution < 1.29 is 4.74 Å². The van der Waals surface area contributed by atoms with Gasteiger partial charge in [0.05, 0.1) is 5.02 Å². The quantitative estimate of drug-likeness (QED) is 0.169. The Bertz CT molecular complexity index is 1100. The highest BCUT2D eigenvalue weighted by Crippen LogP contribution is 2.34. The standard InChI is InChI=1S/C23H25BrCl2N4O/c1-5-20-19(13-31-22(29-27)23(2,3)4)28-21(17-11-8-15(25)12-18(17)26)30(20)16-9-6-14(24)7-10-16/h6-12H,5,13,27H2,1-4H3/b29-22-. The molecule has 1 aromatic heterocycles. The molecular formula is C23H25BrCl2N4O. The zero-order valence-electron chi connectivity index (χ0n) is 17.9. The van der Waals surface area contributed by atoms with Crippen molar-refractivity contribution in [3.05, 3.63) is 68.4 Å². The zero-order valence-corrected chi connectivity index (χ0v) is 21.0. The smallest absolute Gasteiger partial charge is 0.211 e. The maximum Gasteiger partial charge on any atom is 0.211 e. The van der Waals surface area contributed by atoms with Crippen LogP contribution in [-0.4, -0.2) is 15.4 Å². The van der Waals surface area contributed by atoms with Gasteiger partial charge in [-0.3, -0.25) is 4.57 Å². The first-order valence-corrected chi connectivity index (χ1v) is 11.4. The number of benzene rings is 2. The van der Waals surface area contributed by atoms with E-state index in [1.165, 1.54) is 0 Å². The molecule has 0 saturated carbocycles. The van der Waals surface area contributed by atoms with E-state index in [1.807, 2.05) is 57.2 Å². The molecule has 3 aromatic rings. The highest BCUT2D eigenvalue weighted by Gasteiger charge is 2.24. The van der Waals surface area contributed by atoms with E-state index >= 15 is 0 Å². The van der Waals surface area contributed by atoms with Crippen LogP contribution in [0.15, 0.2) is 52.0 Å². The minimum absolute atomic E-state index is 0.248. The average molecular weight is 524 g/mol. The maximum atomic E-state index is 6.55. The first-order valence-electron chi connectivity index (χ1n) is 9.88. The van der Waals surface area contributed by atoms with Gasteiger partial charge in [0, 0.05) is 31.9 Å². The van der Waals surface area contributed by atoms with Gasteiger partial charge in [-0.05, 0) is 48.9 Å². The van der Waals surface area contributed by atoms with Crippen LogP contribution in [0.3, 0.4) is 0 Å². The van der Waals surface area contributed by atoms with E-state index in [0.717, 1.165) is 39.4 Å². The Morgan fingerprint density at radius 1 is 1.16 bits per heavy atom. The van der Waals surface area contributed by atoms with Gasteiger partial charge in [0.2, 0.25) is 5.90 Å². The molecule has 0 aliphatic heterocycles. The lowest BCUT2D eigenvalue weighted by Crippen LogP contribution is -2.25. The molecule has 8 heteroatoms. The summed E-state index contributed by atoms with van der Waals surface area (Å²) in [5.41, 5.74) is 3.28. The number of nitrogens with zero attached hydrogens (tertiary/aromatic N) is 3. The number of hydrogen-bond donors (Lipinski definition) is 1. The molecule has 0 radical (unpaired) electrons. The van der Waals surface area contributed by atoms with Gasteiger partial charge < -0.3 is 10.6 Å². The van der Waals surface area contributed by atoms with Crippen LogP contribution >= 0.6 is 39.1 Å². The van der Waals surface area contributed by atoms with E-state index in [1.54, 1.807) is 6.07 Å². The lowest BCUT2D eigenvalue weighted by atomic mass is 9.97. The molecule has 0 aliphatic rings. The van der Waals surface area contributed by atoms with Gasteiger partial charge in [-0.15, -0.1) is 5.10 Å². The summed E-state index contributed by atoms with van der Waals surface area (Å²) in [4.78, 5) is 4.93. The van der Waals surface area contributed by atoms with Crippen molar-refractivity contribution in [3.8, 4) is 17.1 Å². The van der Waals surface area contributed by atoms with Crippen LogP contribution in [0.25, 0.3) is 17.1 Å². The average Bonchev–Trinajstić information content (AvgIpc) is 3.06. The third-order valence-electron chi connectivity index (χ3n) is 4.75. The minimum Gasteiger partial charge on any atom is -0.473 e. The van der Waals surface area contributed by atoms with Gasteiger partial charge in [-0.2, -0.15) is 0 Å². The number of rotatable bonds is 5. The van der Waals surface area contributed by atoms with Gasteiger partial charge in [0.15, 0.2) is 0 Å². The predicted octanol–water partition coefficient (Wildman–Crippen LogP) is 7.01. The summed E-state index contributed by atoms with van der Waals surface area (Å²) in [6.45, 7) is 8.33. The molecule has 0 spiro atoms. The Kier molecular flexibility index (Phi) is 7.35. The number of hydrazone groups is 1. The molecule has 0 unspecified atom stereocenters. The van der Waals surface area contributed by atoms with E-state index in [0.29, 0.717) is 15.9 Å². The molecule has 0 aliphatic carbocycles. The molecule has 0 bridgehead atoms. The summed E-state index contributed by atoms with van der Waals surface area (Å²) in [7, 11) is 0. The Balaban J connectivity index is 2.16. The van der Waals surface area contributed by atoms with Crippen LogP contribution in [0, 0.1) is 5.41 Å². The molecule has 0 atom stereocenters. The summed E-state index contributed by atoms with van der Waals surface area (Å²) in [5, 5.41) is 4.93. The van der Waals surface area contributed by atoms with Crippen LogP contribution in [0.2, 0.25) is 10.0 Å². The number of imidazole rings is 1. The molecular weight excluding hydrogens is 499 g/mol. The molecule has 2 N–H and O–H groups in total. The predicted molar refractivity (Wildman–Crippen MR) is 132 cm³/mol. The first kappa shape index (κ1) is 23.6. The molecule has 0 fully saturated rings. The van der Waals surface area contributed by atoms with Gasteiger partial charge in [0.1, 0.15) is 18.1 Å². The number of aromatic nitrogens is 2. The Morgan fingerprint density at radius 3 is 2.39 bits per heavy atom. The second-order valence-corrected chi connectivity index (χ2v) is 9.85. The van der Waals surface area contributed by atoms with Gasteiger partial charge in [-0.1, -0.05) is 66.8 Å². The molecule has 31 heavy (non-hydrogen) atoms. The van der Waals surface area contributed by atoms with Gasteiger partial charge in [-0.25, -0.2) is 4.98 Å². The molecule has 5 nitrogen and oxygen atoms in total. The molecule has 164 valence electrons. The Morgan fingerprint density at radius 2 is 1.84 bits per heavy atom. The monoisotopic (exact) mass is 522 g/mol. The highest BCUT2D eigenvalue weighted by atomic mass is 79.9.